The van der Waals surface area contributed by atoms with Gasteiger partial charge < -0.3 is 5.32 Å². The van der Waals surface area contributed by atoms with Crippen molar-refractivity contribution in [3.05, 3.63) is 71.0 Å². The molecule has 0 aliphatic carbocycles. The van der Waals surface area contributed by atoms with Crippen LogP contribution in [-0.4, -0.2) is 17.5 Å². The molecule has 0 atom stereocenters. The van der Waals surface area contributed by atoms with E-state index in [0.717, 1.165) is 21.1 Å². The lowest BCUT2D eigenvalue weighted by Gasteiger charge is -2.05. The Hall–Kier alpha value is -3.02. The molecule has 0 radical (unpaired) electrons. The Morgan fingerprint density at radius 3 is 2.57 bits per heavy atom. The molecule has 0 spiro atoms. The lowest BCUT2D eigenvalue weighted by Crippen LogP contribution is -2.33. The number of nitriles is 1. The predicted octanol–water partition coefficient (Wildman–Crippen LogP) is 1.97. The van der Waals surface area contributed by atoms with Crippen molar-refractivity contribution in [2.75, 3.05) is 7.05 Å². The molecule has 0 aliphatic heterocycles. The minimum atomic E-state index is -0.608. The third-order valence-electron chi connectivity index (χ3n) is 4.05. The summed E-state index contributed by atoms with van der Waals surface area (Å²) in [5.74, 6) is -1.08. The summed E-state index contributed by atoms with van der Waals surface area (Å²) >= 11 is 2.55. The monoisotopic (exact) mass is 413 g/mol. The van der Waals surface area contributed by atoms with Crippen LogP contribution < -0.4 is 20.1 Å². The zero-order valence-corrected chi connectivity index (χ0v) is 17.0. The van der Waals surface area contributed by atoms with E-state index in [9.17, 15) is 19.2 Å². The summed E-state index contributed by atoms with van der Waals surface area (Å²) in [5.41, 5.74) is 0.0850. The van der Waals surface area contributed by atoms with Gasteiger partial charge in [-0.15, -0.1) is 22.7 Å². The first-order valence-electron chi connectivity index (χ1n) is 8.28. The van der Waals surface area contributed by atoms with E-state index in [1.54, 1.807) is 25.1 Å². The lowest BCUT2D eigenvalue weighted by molar-refractivity contribution is -0.115. The number of thiazole rings is 1. The van der Waals surface area contributed by atoms with Gasteiger partial charge in [0.1, 0.15) is 16.5 Å². The van der Waals surface area contributed by atoms with Gasteiger partial charge in [-0.1, -0.05) is 6.07 Å². The molecule has 1 amide bonds. The van der Waals surface area contributed by atoms with Crippen LogP contribution in [0.1, 0.15) is 15.3 Å². The molecule has 1 N–H and O–H groups in total. The van der Waals surface area contributed by atoms with Crippen molar-refractivity contribution in [2.24, 2.45) is 0 Å². The Balaban J connectivity index is 2.43. The number of carbonyl (C=O) groups is 1. The predicted molar refractivity (Wildman–Crippen MR) is 110 cm³/mol. The molecule has 2 heterocycles. The molecule has 0 bridgehead atoms. The first-order chi connectivity index (χ1) is 13.3. The lowest BCUT2D eigenvalue weighted by atomic mass is 10.2. The zero-order valence-electron chi connectivity index (χ0n) is 15.4. The van der Waals surface area contributed by atoms with E-state index >= 15 is 0 Å². The number of nitrogens with one attached hydrogen (secondary N) is 1. The average Bonchev–Trinajstić information content (AvgIpc) is 3.22. The molecule has 5 nitrogen and oxygen atoms in total. The third kappa shape index (κ3) is 3.67. The Labute approximate surface area is 168 Å². The standard InChI is InChI=1S/C20H16FN3O2S2/c1-11-4-6-13(8-16(11)21)24-19(26)17(9-14-7-5-12(2)27-14)28-20(24)15(10-22)18(25)23-3/h4-9H,1-3H3,(H,23,25)/b17-9-,20-15-. The van der Waals surface area contributed by atoms with E-state index in [1.165, 1.54) is 29.0 Å². The summed E-state index contributed by atoms with van der Waals surface area (Å²) in [4.78, 5) is 27.2. The first kappa shape index (κ1) is 19.7. The number of aromatic nitrogens is 1. The fourth-order valence-electron chi connectivity index (χ4n) is 2.59. The molecular formula is C20H16FN3O2S2. The maximum absolute atomic E-state index is 14.1. The largest absolute Gasteiger partial charge is 0.354 e. The number of halogens is 1. The number of benzene rings is 1. The summed E-state index contributed by atoms with van der Waals surface area (Å²) in [6.07, 6.45) is 1.72. The maximum atomic E-state index is 14.1. The number of amides is 1. The fourth-order valence-corrected chi connectivity index (χ4v) is 4.57. The van der Waals surface area contributed by atoms with Crippen LogP contribution in [0.2, 0.25) is 0 Å². The number of hydrogen-bond acceptors (Lipinski definition) is 5. The van der Waals surface area contributed by atoms with E-state index in [-0.39, 0.29) is 15.9 Å². The van der Waals surface area contributed by atoms with Gasteiger partial charge in [0, 0.05) is 16.8 Å². The highest BCUT2D eigenvalue weighted by Crippen LogP contribution is 2.15. The van der Waals surface area contributed by atoms with Crippen LogP contribution >= 0.6 is 22.7 Å². The second kappa shape index (κ2) is 7.92. The fraction of sp³-hybridized carbons (Fsp3) is 0.150. The maximum Gasteiger partial charge on any atom is 0.273 e. The second-order valence-electron chi connectivity index (χ2n) is 6.00. The van der Waals surface area contributed by atoms with Gasteiger partial charge in [0.2, 0.25) is 0 Å². The normalized spacial score (nSPS) is 12.6. The zero-order chi connectivity index (χ0) is 20.4. The van der Waals surface area contributed by atoms with Gasteiger partial charge in [-0.3, -0.25) is 14.2 Å². The van der Waals surface area contributed by atoms with Gasteiger partial charge in [0.05, 0.1) is 10.2 Å². The molecular weight excluding hydrogens is 397 g/mol. The number of carbonyl (C=O) groups excluding carboxylic acids is 1. The van der Waals surface area contributed by atoms with Crippen molar-refractivity contribution in [3.63, 3.8) is 0 Å². The van der Waals surface area contributed by atoms with Gasteiger partial charge in [-0.2, -0.15) is 5.26 Å². The Morgan fingerprint density at radius 1 is 1.25 bits per heavy atom. The van der Waals surface area contributed by atoms with Gasteiger partial charge in [0.15, 0.2) is 5.57 Å². The Kier molecular flexibility index (Phi) is 5.58. The van der Waals surface area contributed by atoms with Gasteiger partial charge >= 0.3 is 0 Å². The molecule has 142 valence electrons. The number of rotatable bonds is 3. The highest BCUT2D eigenvalue weighted by Gasteiger charge is 2.16. The van der Waals surface area contributed by atoms with E-state index in [4.69, 9.17) is 0 Å². The molecule has 0 unspecified atom stereocenters. The van der Waals surface area contributed by atoms with E-state index in [1.807, 2.05) is 25.1 Å². The Bertz CT molecular complexity index is 1290. The van der Waals surface area contributed by atoms with Crippen LogP contribution in [0, 0.1) is 31.0 Å². The molecule has 8 heteroatoms. The van der Waals surface area contributed by atoms with E-state index in [2.05, 4.69) is 5.32 Å². The smallest absolute Gasteiger partial charge is 0.273 e. The summed E-state index contributed by atoms with van der Waals surface area (Å²) < 4.78 is 15.9. The summed E-state index contributed by atoms with van der Waals surface area (Å²) in [7, 11) is 1.41. The summed E-state index contributed by atoms with van der Waals surface area (Å²) in [6.45, 7) is 3.58. The second-order valence-corrected chi connectivity index (χ2v) is 8.35. The van der Waals surface area contributed by atoms with Gasteiger partial charge in [-0.05, 0) is 49.8 Å². The number of hydrogen-bond donors (Lipinski definition) is 1. The van der Waals surface area contributed by atoms with Crippen molar-refractivity contribution in [1.82, 2.24) is 9.88 Å². The molecule has 28 heavy (non-hydrogen) atoms. The minimum absolute atomic E-state index is 0.162. The van der Waals surface area contributed by atoms with E-state index in [0.29, 0.717) is 10.1 Å². The number of aryl methyl sites for hydroxylation is 2. The van der Waals surface area contributed by atoms with Crippen molar-refractivity contribution >= 4 is 40.2 Å². The molecule has 0 saturated heterocycles. The van der Waals surface area contributed by atoms with Gasteiger partial charge in [0.25, 0.3) is 11.5 Å². The molecule has 0 fully saturated rings. The topological polar surface area (TPSA) is 74.9 Å². The molecule has 2 aromatic heterocycles. The number of thiophene rings is 1. The first-order valence-corrected chi connectivity index (χ1v) is 9.92. The van der Waals surface area contributed by atoms with Crippen LogP contribution in [0.15, 0.2) is 35.1 Å². The van der Waals surface area contributed by atoms with Crippen LogP contribution in [0.5, 0.6) is 0 Å². The van der Waals surface area contributed by atoms with Crippen molar-refractivity contribution < 1.29 is 9.18 Å². The van der Waals surface area contributed by atoms with Crippen LogP contribution in [0.3, 0.4) is 0 Å². The minimum Gasteiger partial charge on any atom is -0.354 e. The highest BCUT2D eigenvalue weighted by molar-refractivity contribution is 7.13. The SMILES string of the molecule is CNC(=O)/C(C#N)=c1\s/c(=C\c2ccc(C)s2)c(=O)n1-c1ccc(C)c(F)c1. The average molecular weight is 413 g/mol. The summed E-state index contributed by atoms with van der Waals surface area (Å²) in [5, 5.41) is 11.9. The Morgan fingerprint density at radius 2 is 2.00 bits per heavy atom. The molecule has 0 aliphatic rings. The van der Waals surface area contributed by atoms with Gasteiger partial charge in [-0.25, -0.2) is 4.39 Å². The summed E-state index contributed by atoms with van der Waals surface area (Å²) in [6, 6.07) is 10.1. The van der Waals surface area contributed by atoms with Crippen molar-refractivity contribution in [2.45, 2.75) is 13.8 Å². The van der Waals surface area contributed by atoms with Crippen LogP contribution in [0.4, 0.5) is 4.39 Å². The molecule has 0 saturated carbocycles. The quantitative estimate of drug-likeness (QED) is 0.713. The molecule has 1 aromatic carbocycles. The van der Waals surface area contributed by atoms with Crippen LogP contribution in [0.25, 0.3) is 17.3 Å². The van der Waals surface area contributed by atoms with Crippen molar-refractivity contribution in [1.29, 1.82) is 5.26 Å². The van der Waals surface area contributed by atoms with Crippen molar-refractivity contribution in [3.8, 4) is 11.8 Å². The van der Waals surface area contributed by atoms with Crippen LogP contribution in [-0.2, 0) is 4.79 Å². The highest BCUT2D eigenvalue weighted by atomic mass is 32.1. The number of nitrogens with zero attached hydrogens (tertiary/aromatic N) is 2. The molecule has 3 aromatic rings. The molecule has 3 rings (SSSR count). The van der Waals surface area contributed by atoms with E-state index < -0.39 is 17.3 Å². The third-order valence-corrected chi connectivity index (χ3v) is 6.09.